The summed E-state index contributed by atoms with van der Waals surface area (Å²) in [4.78, 5) is 23.6. The first-order valence-electron chi connectivity index (χ1n) is 6.28. The number of phenols is 1. The van der Waals surface area contributed by atoms with E-state index in [1.165, 1.54) is 30.3 Å². The molecule has 2 amide bonds. The van der Waals surface area contributed by atoms with Crippen LogP contribution in [0.1, 0.15) is 15.9 Å². The Balaban J connectivity index is 1.91. The van der Waals surface area contributed by atoms with Crippen LogP contribution in [-0.4, -0.2) is 16.9 Å². The molecule has 0 saturated heterocycles. The van der Waals surface area contributed by atoms with E-state index in [2.05, 4.69) is 10.9 Å². The largest absolute Gasteiger partial charge is 0.508 e. The average Bonchev–Trinajstić information content (AvgIpc) is 2.47. The van der Waals surface area contributed by atoms with E-state index < -0.39 is 11.8 Å². The lowest BCUT2D eigenvalue weighted by molar-refractivity contribution is -0.121. The quantitative estimate of drug-likeness (QED) is 0.753. The Morgan fingerprint density at radius 2 is 1.82 bits per heavy atom. The van der Waals surface area contributed by atoms with Crippen LogP contribution in [0.4, 0.5) is 0 Å². The lowest BCUT2D eigenvalue weighted by Crippen LogP contribution is -2.42. The van der Waals surface area contributed by atoms with Gasteiger partial charge < -0.3 is 5.11 Å². The molecule has 0 aromatic heterocycles. The van der Waals surface area contributed by atoms with Crippen molar-refractivity contribution < 1.29 is 14.7 Å². The van der Waals surface area contributed by atoms with Gasteiger partial charge in [-0.15, -0.1) is 0 Å². The number of hydrogen-bond donors (Lipinski definition) is 3. The third kappa shape index (κ3) is 4.38. The number of aromatic hydroxyl groups is 1. The number of halogens is 2. The first-order chi connectivity index (χ1) is 10.5. The molecule has 2 aromatic rings. The number of carbonyl (C=O) groups is 2. The molecule has 3 N–H and O–H groups in total. The van der Waals surface area contributed by atoms with E-state index in [9.17, 15) is 14.7 Å². The summed E-state index contributed by atoms with van der Waals surface area (Å²) in [6, 6.07) is 10.6. The van der Waals surface area contributed by atoms with Crippen molar-refractivity contribution in [2.24, 2.45) is 0 Å². The molecule has 7 heteroatoms. The molecule has 2 aromatic carbocycles. The van der Waals surface area contributed by atoms with Gasteiger partial charge in [-0.2, -0.15) is 0 Å². The molecule has 0 aliphatic rings. The molecule has 0 radical (unpaired) electrons. The normalized spacial score (nSPS) is 10.1. The van der Waals surface area contributed by atoms with Crippen LogP contribution in [0.25, 0.3) is 0 Å². The molecule has 0 fully saturated rings. The van der Waals surface area contributed by atoms with Crippen LogP contribution in [-0.2, 0) is 11.2 Å². The minimum absolute atomic E-state index is 0.00365. The van der Waals surface area contributed by atoms with Gasteiger partial charge in [0.1, 0.15) is 5.75 Å². The molecule has 2 rings (SSSR count). The molecule has 0 spiro atoms. The van der Waals surface area contributed by atoms with Crippen molar-refractivity contribution in [3.05, 3.63) is 63.6 Å². The van der Waals surface area contributed by atoms with E-state index in [-0.39, 0.29) is 17.7 Å². The third-order valence-electron chi connectivity index (χ3n) is 2.79. The lowest BCUT2D eigenvalue weighted by atomic mass is 10.1. The maximum Gasteiger partial charge on any atom is 0.269 e. The van der Waals surface area contributed by atoms with Crippen LogP contribution < -0.4 is 10.9 Å². The van der Waals surface area contributed by atoms with Crippen LogP contribution >= 0.6 is 23.2 Å². The van der Waals surface area contributed by atoms with Crippen LogP contribution in [0.5, 0.6) is 5.75 Å². The van der Waals surface area contributed by atoms with Gasteiger partial charge in [-0.1, -0.05) is 35.3 Å². The maximum atomic E-state index is 11.8. The molecule has 22 heavy (non-hydrogen) atoms. The molecular weight excluding hydrogens is 327 g/mol. The molecule has 114 valence electrons. The minimum atomic E-state index is -0.536. The van der Waals surface area contributed by atoms with E-state index in [1.54, 1.807) is 12.1 Å². The highest BCUT2D eigenvalue weighted by Crippen LogP contribution is 2.21. The highest BCUT2D eigenvalue weighted by molar-refractivity contribution is 6.35. The summed E-state index contributed by atoms with van der Waals surface area (Å²) in [7, 11) is 0. The Morgan fingerprint density at radius 3 is 2.50 bits per heavy atom. The molecule has 0 bridgehead atoms. The van der Waals surface area contributed by atoms with Gasteiger partial charge >= 0.3 is 0 Å². The predicted molar refractivity (Wildman–Crippen MR) is 83.9 cm³/mol. The second-order valence-electron chi connectivity index (χ2n) is 4.47. The smallest absolute Gasteiger partial charge is 0.269 e. The van der Waals surface area contributed by atoms with Gasteiger partial charge in [0.15, 0.2) is 0 Å². The monoisotopic (exact) mass is 338 g/mol. The van der Waals surface area contributed by atoms with Crippen molar-refractivity contribution in [3.63, 3.8) is 0 Å². The van der Waals surface area contributed by atoms with Gasteiger partial charge in [-0.25, -0.2) is 0 Å². The van der Waals surface area contributed by atoms with Crippen molar-refractivity contribution in [1.29, 1.82) is 0 Å². The molecule has 0 atom stereocenters. The lowest BCUT2D eigenvalue weighted by Gasteiger charge is -2.08. The molecule has 0 heterocycles. The summed E-state index contributed by atoms with van der Waals surface area (Å²) in [6.45, 7) is 0. The van der Waals surface area contributed by atoms with Crippen molar-refractivity contribution >= 4 is 35.0 Å². The first kappa shape index (κ1) is 16.1. The minimum Gasteiger partial charge on any atom is -0.508 e. The molecule has 0 saturated carbocycles. The number of nitrogens with one attached hydrogen (secondary N) is 2. The predicted octanol–water partition coefficient (Wildman–Crippen LogP) is 2.70. The van der Waals surface area contributed by atoms with Crippen LogP contribution in [0, 0.1) is 0 Å². The fourth-order valence-corrected chi connectivity index (χ4v) is 2.20. The highest BCUT2D eigenvalue weighted by atomic mass is 35.5. The highest BCUT2D eigenvalue weighted by Gasteiger charge is 2.10. The fourth-order valence-electron chi connectivity index (χ4n) is 1.73. The Morgan fingerprint density at radius 1 is 1.05 bits per heavy atom. The van der Waals surface area contributed by atoms with Gasteiger partial charge in [0.05, 0.1) is 6.42 Å². The Bertz CT molecular complexity index is 720. The number of benzene rings is 2. The molecular formula is C15H12Cl2N2O3. The summed E-state index contributed by atoms with van der Waals surface area (Å²) in [5.74, 6) is -1.00. The molecule has 0 aliphatic heterocycles. The number of amides is 2. The van der Waals surface area contributed by atoms with Gasteiger partial charge in [-0.3, -0.25) is 20.4 Å². The topological polar surface area (TPSA) is 78.4 Å². The fraction of sp³-hybridized carbons (Fsp3) is 0.0667. The summed E-state index contributed by atoms with van der Waals surface area (Å²) in [5, 5.41) is 10.1. The molecule has 0 aliphatic carbocycles. The zero-order valence-electron chi connectivity index (χ0n) is 11.3. The summed E-state index contributed by atoms with van der Waals surface area (Å²) in [5.41, 5.74) is 5.36. The van der Waals surface area contributed by atoms with E-state index >= 15 is 0 Å². The van der Waals surface area contributed by atoms with Crippen molar-refractivity contribution in [2.75, 3.05) is 0 Å². The maximum absolute atomic E-state index is 11.8. The molecule has 5 nitrogen and oxygen atoms in total. The number of carbonyl (C=O) groups excluding carboxylic acids is 2. The third-order valence-corrected chi connectivity index (χ3v) is 3.38. The Hall–Kier alpha value is -2.24. The number of hydrogen-bond acceptors (Lipinski definition) is 3. The van der Waals surface area contributed by atoms with Gasteiger partial charge in [-0.05, 0) is 35.9 Å². The average molecular weight is 339 g/mol. The first-order valence-corrected chi connectivity index (χ1v) is 7.03. The van der Waals surface area contributed by atoms with Crippen molar-refractivity contribution in [2.45, 2.75) is 6.42 Å². The van der Waals surface area contributed by atoms with E-state index in [0.29, 0.717) is 15.6 Å². The van der Waals surface area contributed by atoms with Crippen LogP contribution in [0.15, 0.2) is 42.5 Å². The number of hydrazine groups is 1. The van der Waals surface area contributed by atoms with E-state index in [4.69, 9.17) is 23.2 Å². The Kier molecular flexibility index (Phi) is 5.25. The zero-order valence-corrected chi connectivity index (χ0v) is 12.8. The summed E-state index contributed by atoms with van der Waals surface area (Å²) in [6.07, 6.45) is -0.00365. The van der Waals surface area contributed by atoms with Crippen LogP contribution in [0.2, 0.25) is 10.0 Å². The number of rotatable bonds is 3. The van der Waals surface area contributed by atoms with Crippen molar-refractivity contribution in [1.82, 2.24) is 10.9 Å². The summed E-state index contributed by atoms with van der Waals surface area (Å²) >= 11 is 11.7. The standard InChI is InChI=1S/C15H12Cl2N2O3/c16-11-5-4-9(13(17)8-11)7-14(21)18-19-15(22)10-2-1-3-12(20)6-10/h1-6,8,20H,7H2,(H,18,21)(H,19,22). The van der Waals surface area contributed by atoms with Gasteiger partial charge in [0.25, 0.3) is 5.91 Å². The Labute approximate surface area is 136 Å². The van der Waals surface area contributed by atoms with Crippen molar-refractivity contribution in [3.8, 4) is 5.75 Å². The number of phenolic OH excluding ortho intramolecular Hbond substituents is 1. The second-order valence-corrected chi connectivity index (χ2v) is 5.31. The molecule has 0 unspecified atom stereocenters. The van der Waals surface area contributed by atoms with Gasteiger partial charge in [0.2, 0.25) is 5.91 Å². The second kappa shape index (κ2) is 7.15. The zero-order chi connectivity index (χ0) is 16.1. The van der Waals surface area contributed by atoms with E-state index in [0.717, 1.165) is 0 Å². The SMILES string of the molecule is O=C(Cc1ccc(Cl)cc1Cl)NNC(=O)c1cccc(O)c1. The summed E-state index contributed by atoms with van der Waals surface area (Å²) < 4.78 is 0. The van der Waals surface area contributed by atoms with Gasteiger partial charge in [0, 0.05) is 15.6 Å². The van der Waals surface area contributed by atoms with Crippen LogP contribution in [0.3, 0.4) is 0 Å². The van der Waals surface area contributed by atoms with E-state index in [1.807, 2.05) is 0 Å².